The lowest BCUT2D eigenvalue weighted by Crippen LogP contribution is -2.37. The van der Waals surface area contributed by atoms with Gasteiger partial charge in [0.05, 0.1) is 5.69 Å². The second kappa shape index (κ2) is 8.76. The van der Waals surface area contributed by atoms with Crippen LogP contribution in [0.1, 0.15) is 30.5 Å². The molecule has 1 unspecified atom stereocenters. The Labute approximate surface area is 155 Å². The molecule has 1 N–H and O–H groups in total. The minimum absolute atomic E-state index is 0.0210. The number of likely N-dealkylation sites (tertiary alicyclic amines) is 1. The third-order valence-corrected chi connectivity index (χ3v) is 5.01. The Balaban J connectivity index is 1.54. The fourth-order valence-corrected chi connectivity index (χ4v) is 3.41. The number of hydrogen-bond acceptors (Lipinski definition) is 4. The van der Waals surface area contributed by atoms with Gasteiger partial charge in [0.2, 0.25) is 0 Å². The van der Waals surface area contributed by atoms with Crippen LogP contribution in [0.5, 0.6) is 0 Å². The fraction of sp³-hybridized carbons (Fsp3) is 0.450. The number of anilines is 1. The molecule has 1 saturated heterocycles. The molecule has 26 heavy (non-hydrogen) atoms. The highest BCUT2D eigenvalue weighted by Crippen LogP contribution is 2.19. The molecule has 1 fully saturated rings. The number of carbonyl (C=O) groups is 1. The van der Waals surface area contributed by atoms with Crippen LogP contribution in [0, 0.1) is 6.92 Å². The second-order valence-electron chi connectivity index (χ2n) is 6.93. The maximum atomic E-state index is 12.6. The summed E-state index contributed by atoms with van der Waals surface area (Å²) in [6.07, 6.45) is 8.39. The fourth-order valence-electron chi connectivity index (χ4n) is 3.41. The molecule has 2 aromatic heterocycles. The van der Waals surface area contributed by atoms with Crippen LogP contribution in [0.4, 0.5) is 10.5 Å². The summed E-state index contributed by atoms with van der Waals surface area (Å²) in [6, 6.07) is 8.32. The number of urea groups is 1. The lowest BCUT2D eigenvalue weighted by atomic mass is 10.1. The zero-order valence-electron chi connectivity index (χ0n) is 15.6. The Morgan fingerprint density at radius 3 is 2.92 bits per heavy atom. The quantitative estimate of drug-likeness (QED) is 0.916. The van der Waals surface area contributed by atoms with Gasteiger partial charge in [-0.2, -0.15) is 0 Å². The Bertz CT molecular complexity index is 721. The van der Waals surface area contributed by atoms with E-state index in [2.05, 4.69) is 33.3 Å². The van der Waals surface area contributed by atoms with Crippen molar-refractivity contribution in [2.45, 2.75) is 38.8 Å². The summed E-state index contributed by atoms with van der Waals surface area (Å²) in [6.45, 7) is 4.36. The molecular formula is C20H27N5O. The summed E-state index contributed by atoms with van der Waals surface area (Å²) in [5, 5.41) is 3.01. The maximum absolute atomic E-state index is 12.6. The van der Waals surface area contributed by atoms with Crippen LogP contribution in [-0.2, 0) is 6.54 Å². The Hall–Kier alpha value is -2.47. The third-order valence-electron chi connectivity index (χ3n) is 5.01. The van der Waals surface area contributed by atoms with Gasteiger partial charge >= 0.3 is 6.03 Å². The van der Waals surface area contributed by atoms with Gasteiger partial charge in [0.1, 0.15) is 0 Å². The second-order valence-corrected chi connectivity index (χ2v) is 6.93. The molecule has 0 spiro atoms. The van der Waals surface area contributed by atoms with E-state index in [9.17, 15) is 4.79 Å². The van der Waals surface area contributed by atoms with Crippen LogP contribution >= 0.6 is 0 Å². The lowest BCUT2D eigenvalue weighted by molar-refractivity contribution is 0.200. The molecule has 0 aliphatic carbocycles. The van der Waals surface area contributed by atoms with Gasteiger partial charge in [0.25, 0.3) is 0 Å². The number of nitrogens with one attached hydrogen (secondary N) is 1. The average molecular weight is 353 g/mol. The molecule has 0 bridgehead atoms. The molecule has 6 nitrogen and oxygen atoms in total. The number of nitrogens with zero attached hydrogens (tertiary/aromatic N) is 4. The van der Waals surface area contributed by atoms with E-state index < -0.39 is 0 Å². The third kappa shape index (κ3) is 4.79. The maximum Gasteiger partial charge on any atom is 0.321 e. The molecule has 2 aromatic rings. The van der Waals surface area contributed by atoms with Gasteiger partial charge in [-0.1, -0.05) is 6.07 Å². The topological polar surface area (TPSA) is 61.4 Å². The van der Waals surface area contributed by atoms with E-state index in [4.69, 9.17) is 0 Å². The van der Waals surface area contributed by atoms with Gasteiger partial charge in [-0.25, -0.2) is 4.79 Å². The van der Waals surface area contributed by atoms with Gasteiger partial charge in [0.15, 0.2) is 0 Å². The molecule has 3 rings (SSSR count). The molecule has 0 saturated carbocycles. The minimum atomic E-state index is -0.0210. The first kappa shape index (κ1) is 18.3. The number of pyridine rings is 2. The molecule has 0 aromatic carbocycles. The number of carbonyl (C=O) groups excluding carboxylic acids is 1. The van der Waals surface area contributed by atoms with Crippen molar-refractivity contribution in [3.05, 3.63) is 54.1 Å². The normalized spacial score (nSPS) is 17.8. The van der Waals surface area contributed by atoms with Crippen LogP contribution in [0.2, 0.25) is 0 Å². The number of hydrogen-bond donors (Lipinski definition) is 1. The average Bonchev–Trinajstić information content (AvgIpc) is 2.91. The van der Waals surface area contributed by atoms with Gasteiger partial charge in [-0.05, 0) is 57.0 Å². The number of rotatable bonds is 4. The summed E-state index contributed by atoms with van der Waals surface area (Å²) in [5.74, 6) is 0. The highest BCUT2D eigenvalue weighted by atomic mass is 16.2. The Morgan fingerprint density at radius 1 is 1.27 bits per heavy atom. The van der Waals surface area contributed by atoms with E-state index in [0.29, 0.717) is 6.04 Å². The summed E-state index contributed by atoms with van der Waals surface area (Å²) in [4.78, 5) is 25.4. The zero-order chi connectivity index (χ0) is 18.4. The van der Waals surface area contributed by atoms with E-state index in [0.717, 1.165) is 55.8 Å². The number of aromatic nitrogens is 2. The van der Waals surface area contributed by atoms with Crippen molar-refractivity contribution in [2.24, 2.45) is 0 Å². The molecule has 0 radical (unpaired) electrons. The largest absolute Gasteiger partial charge is 0.324 e. The van der Waals surface area contributed by atoms with Crippen molar-refractivity contribution in [3.63, 3.8) is 0 Å². The van der Waals surface area contributed by atoms with Crippen molar-refractivity contribution in [1.29, 1.82) is 0 Å². The van der Waals surface area contributed by atoms with Crippen molar-refractivity contribution in [3.8, 4) is 0 Å². The summed E-state index contributed by atoms with van der Waals surface area (Å²) in [7, 11) is 2.15. The number of aryl methyl sites for hydroxylation is 1. The predicted molar refractivity (Wildman–Crippen MR) is 103 cm³/mol. The standard InChI is InChI=1S/C20H27N5O/c1-16-14-21-11-8-19(16)23-20(26)25-12-5-7-18(9-13-25)24(2)15-17-6-3-4-10-22-17/h3-4,6,8,10-11,14,18H,5,7,9,12-13,15H2,1-2H3,(H,21,23,26). The van der Waals surface area contributed by atoms with E-state index in [1.165, 1.54) is 0 Å². The predicted octanol–water partition coefficient (Wildman–Crippen LogP) is 3.30. The Morgan fingerprint density at radius 2 is 2.15 bits per heavy atom. The monoisotopic (exact) mass is 353 g/mol. The molecule has 1 aliphatic rings. The highest BCUT2D eigenvalue weighted by Gasteiger charge is 2.23. The molecule has 2 amide bonds. The van der Waals surface area contributed by atoms with Crippen LogP contribution in [0.3, 0.4) is 0 Å². The zero-order valence-corrected chi connectivity index (χ0v) is 15.6. The van der Waals surface area contributed by atoms with E-state index in [-0.39, 0.29) is 6.03 Å². The molecule has 1 atom stereocenters. The summed E-state index contributed by atoms with van der Waals surface area (Å²) in [5.41, 5.74) is 2.89. The van der Waals surface area contributed by atoms with E-state index in [1.54, 1.807) is 12.4 Å². The molecular weight excluding hydrogens is 326 g/mol. The SMILES string of the molecule is Cc1cnccc1NC(=O)N1CCCC(N(C)Cc2ccccn2)CC1. The molecule has 138 valence electrons. The van der Waals surface area contributed by atoms with Crippen LogP contribution in [0.25, 0.3) is 0 Å². The smallest absolute Gasteiger partial charge is 0.321 e. The molecule has 6 heteroatoms. The van der Waals surface area contributed by atoms with Gasteiger partial charge in [0, 0.05) is 50.0 Å². The van der Waals surface area contributed by atoms with Crippen LogP contribution in [0.15, 0.2) is 42.9 Å². The van der Waals surface area contributed by atoms with Gasteiger partial charge < -0.3 is 10.2 Å². The van der Waals surface area contributed by atoms with Crippen LogP contribution < -0.4 is 5.32 Å². The van der Waals surface area contributed by atoms with Gasteiger partial charge in [-0.3, -0.25) is 14.9 Å². The number of amides is 2. The first-order valence-corrected chi connectivity index (χ1v) is 9.20. The molecule has 1 aliphatic heterocycles. The van der Waals surface area contributed by atoms with Gasteiger partial charge in [-0.15, -0.1) is 0 Å². The first-order chi connectivity index (χ1) is 12.6. The summed E-state index contributed by atoms with van der Waals surface area (Å²) < 4.78 is 0. The van der Waals surface area contributed by atoms with Crippen molar-refractivity contribution in [1.82, 2.24) is 19.8 Å². The minimum Gasteiger partial charge on any atom is -0.324 e. The van der Waals surface area contributed by atoms with Crippen molar-refractivity contribution < 1.29 is 4.79 Å². The van der Waals surface area contributed by atoms with Crippen molar-refractivity contribution >= 4 is 11.7 Å². The Kier molecular flexibility index (Phi) is 6.17. The van der Waals surface area contributed by atoms with E-state index in [1.807, 2.05) is 36.2 Å². The van der Waals surface area contributed by atoms with Crippen LogP contribution in [-0.4, -0.2) is 52.0 Å². The highest BCUT2D eigenvalue weighted by molar-refractivity contribution is 5.90. The summed E-state index contributed by atoms with van der Waals surface area (Å²) >= 11 is 0. The first-order valence-electron chi connectivity index (χ1n) is 9.20. The van der Waals surface area contributed by atoms with Crippen molar-refractivity contribution in [2.75, 3.05) is 25.5 Å². The lowest BCUT2D eigenvalue weighted by Gasteiger charge is -2.27. The van der Waals surface area contributed by atoms with E-state index >= 15 is 0 Å². The molecule has 3 heterocycles.